The number of nitrogens with zero attached hydrogens (tertiary/aromatic N) is 3. The Morgan fingerprint density at radius 2 is 0.327 bits per heavy atom. The fourth-order valence-electron chi connectivity index (χ4n) is 15.8. The number of hydrogen-bond donors (Lipinski definition) is 30. The Morgan fingerprint density at radius 3 is 0.411 bits per heavy atom. The predicted molar refractivity (Wildman–Crippen MR) is 397 cm³/mol. The van der Waals surface area contributed by atoms with E-state index in [0.29, 0.717) is 0 Å². The third kappa shape index (κ3) is 40.3. The lowest BCUT2D eigenvalue weighted by molar-refractivity contribution is 0.0388. The highest BCUT2D eigenvalue weighted by molar-refractivity contribution is 7.73. The predicted octanol–water partition coefficient (Wildman–Crippen LogP) is 1.53. The van der Waals surface area contributed by atoms with Crippen LogP contribution in [0.3, 0.4) is 0 Å². The average molecular weight is 1760 g/mol. The molecule has 0 amide bonds. The lowest BCUT2D eigenvalue weighted by Gasteiger charge is -2.44. The van der Waals surface area contributed by atoms with Gasteiger partial charge in [0.1, 0.15) is 0 Å². The molecule has 0 bridgehead atoms. The second-order valence-corrected chi connectivity index (χ2v) is 53.6. The first-order valence-corrected chi connectivity index (χ1v) is 50.2. The van der Waals surface area contributed by atoms with Crippen LogP contribution < -0.4 is 26.6 Å². The van der Waals surface area contributed by atoms with Gasteiger partial charge in [0.15, 0.2) is 0 Å². The Kier molecular flexibility index (Phi) is 37.9. The van der Waals surface area contributed by atoms with Crippen LogP contribution in [0.1, 0.15) is 203 Å². The molecular weight excluding hydrogens is 1630 g/mol. The molecule has 5 saturated heterocycles. The number of rotatable bonds is 21. The molecule has 0 spiro atoms. The van der Waals surface area contributed by atoms with Gasteiger partial charge in [-0.1, -0.05) is 0 Å². The van der Waals surface area contributed by atoms with Crippen molar-refractivity contribution in [2.24, 2.45) is 0 Å². The van der Waals surface area contributed by atoms with E-state index in [2.05, 4.69) is 165 Å². The van der Waals surface area contributed by atoms with Gasteiger partial charge >= 0.3 is 76.0 Å². The molecule has 5 aliphatic rings. The van der Waals surface area contributed by atoms with Gasteiger partial charge in [-0.15, -0.1) is 0 Å². The summed E-state index contributed by atoms with van der Waals surface area (Å²) in [5.74, 6) is 0. The molecule has 5 rings (SSSR count). The van der Waals surface area contributed by atoms with E-state index < -0.39 is 144 Å². The molecule has 0 atom stereocenters. The molecule has 5 aliphatic heterocycles. The van der Waals surface area contributed by atoms with Crippen molar-refractivity contribution in [3.8, 4) is 0 Å². The van der Waals surface area contributed by atoms with E-state index in [1.54, 1.807) is 0 Å². The quantitative estimate of drug-likeness (QED) is 0.0725. The van der Waals surface area contributed by atoms with Crippen molar-refractivity contribution < 1.29 is 169 Å². The second-order valence-electron chi connectivity index (χ2n) is 34.9. The standard InChI is InChI=1S/C9H33N3O30P10.5C9H19NO/c13-43(14,15)5(44(16,17)18)10(1-3-11(6(45(19,20)21)46(22,23)24)7(47(25,26)27)48(28,29)30)2-4-12(8(49(31,32)33)50(34,35)36)9(51(37,38)39)52(40,41)42;5*1-8(2)5-7(11)6-9(3,4)10-8/h5-9H,1-4H2,(H2,13,14,15)(H2,16,17,18)(H2,19,20,21)(H2,22,23,24)(H2,25,26,27)(H2,28,29,30)(H2,31,32,33)(H2,34,35,36)(H2,37,38,39)(H2,40,41,42);5*7,10-11H,5-6H2,1-4H3. The summed E-state index contributed by atoms with van der Waals surface area (Å²) in [7, 11) is -66.1. The molecule has 0 aromatic carbocycles. The molecule has 107 heavy (non-hydrogen) atoms. The van der Waals surface area contributed by atoms with E-state index in [1.165, 1.54) is 0 Å². The Bertz CT molecular complexity index is 2800. The first-order chi connectivity index (χ1) is 46.2. The minimum absolute atomic E-state index is 0.0845. The van der Waals surface area contributed by atoms with Gasteiger partial charge in [-0.25, -0.2) is 0 Å². The van der Waals surface area contributed by atoms with Gasteiger partial charge < -0.3 is 150 Å². The topological polar surface area (TPSA) is 746 Å². The van der Waals surface area contributed by atoms with Crippen LogP contribution >= 0.6 is 76.0 Å². The molecule has 43 nitrogen and oxygen atoms in total. The van der Waals surface area contributed by atoms with Crippen LogP contribution in [0.2, 0.25) is 0 Å². The third-order valence-corrected chi connectivity index (χ3v) is 34.7. The highest BCUT2D eigenvalue weighted by Crippen LogP contribution is 2.71. The molecule has 0 radical (unpaired) electrons. The number of aliphatic hydroxyl groups is 5. The molecule has 0 aromatic heterocycles. The van der Waals surface area contributed by atoms with Crippen LogP contribution in [0.4, 0.5) is 0 Å². The average Bonchev–Trinajstić information content (AvgIpc) is 0.758. The molecule has 0 saturated carbocycles. The summed E-state index contributed by atoms with van der Waals surface area (Å²) in [5.41, 5.74) is -19.1. The lowest BCUT2D eigenvalue weighted by Crippen LogP contribution is -2.59. The van der Waals surface area contributed by atoms with Gasteiger partial charge in [-0.05, 0) is 203 Å². The van der Waals surface area contributed by atoms with Gasteiger partial charge in [0.05, 0.1) is 30.5 Å². The molecule has 30 N–H and O–H groups in total. The first kappa shape index (κ1) is 108. The Balaban J connectivity index is 0.00000159. The summed E-state index contributed by atoms with van der Waals surface area (Å²) in [4.78, 5) is 190. The molecule has 53 heteroatoms. The van der Waals surface area contributed by atoms with Gasteiger partial charge in [0.2, 0.25) is 27.6 Å². The van der Waals surface area contributed by atoms with Crippen molar-refractivity contribution in [2.45, 2.75) is 316 Å². The van der Waals surface area contributed by atoms with E-state index in [9.17, 15) is 169 Å². The second kappa shape index (κ2) is 37.5. The number of hydrogen-bond acceptors (Lipinski definition) is 23. The fraction of sp³-hybridized carbons (Fsp3) is 1.00. The van der Waals surface area contributed by atoms with Crippen LogP contribution in [-0.4, -0.2) is 278 Å². The smallest absolute Gasteiger partial charge is 0.355 e. The zero-order valence-corrected chi connectivity index (χ0v) is 73.2. The normalized spacial score (nSPS) is 23.3. The fourth-order valence-corrected chi connectivity index (χ4v) is 30.9. The SMILES string of the molecule is CC1(C)CC(O)CC(C)(C)N1.CC1(C)CC(O)CC(C)(C)N1.CC1(C)CC(O)CC(C)(C)N1.CC1(C)CC(O)CC(C)(C)N1.CC1(C)CC(O)CC(C)(C)N1.O=P(O)(O)C(N(CCN(C(P(=O)(O)O)P(=O)(O)O)C(P(=O)(O)O)P(=O)(O)O)CCN(C(P(=O)(O)O)P(=O)(O)O)C(P(=O)(O)O)P(=O)(O)O)P(=O)(O)O. The molecule has 0 aromatic rings. The summed E-state index contributed by atoms with van der Waals surface area (Å²) < 4.78 is 121. The van der Waals surface area contributed by atoms with Gasteiger partial charge in [0, 0.05) is 81.6 Å². The zero-order chi connectivity index (χ0) is 85.9. The van der Waals surface area contributed by atoms with E-state index in [1.807, 2.05) is 0 Å². The minimum atomic E-state index is -6.63. The Hall–Kier alpha value is 0.980. The minimum Gasteiger partial charge on any atom is -0.393 e. The molecule has 0 aliphatic carbocycles. The van der Waals surface area contributed by atoms with Crippen molar-refractivity contribution in [1.82, 2.24) is 41.3 Å². The largest absolute Gasteiger partial charge is 0.393 e. The molecule has 644 valence electrons. The van der Waals surface area contributed by atoms with E-state index in [-0.39, 0.29) is 85.9 Å². The summed E-state index contributed by atoms with van der Waals surface area (Å²) in [6, 6.07) is 0. The zero-order valence-electron chi connectivity index (χ0n) is 64.2. The first-order valence-electron chi connectivity index (χ1n) is 33.4. The van der Waals surface area contributed by atoms with E-state index in [0.717, 1.165) is 64.2 Å². The number of aliphatic hydroxyl groups excluding tert-OH is 5. The monoisotopic (exact) mass is 1760 g/mol. The molecule has 5 heterocycles. The van der Waals surface area contributed by atoms with Crippen molar-refractivity contribution >= 4 is 76.0 Å². The van der Waals surface area contributed by atoms with Crippen LogP contribution in [0, 0.1) is 0 Å². The highest BCUT2D eigenvalue weighted by atomic mass is 31.3. The van der Waals surface area contributed by atoms with Gasteiger partial charge in [-0.2, -0.15) is 0 Å². The number of piperidine rings is 5. The van der Waals surface area contributed by atoms with Crippen LogP contribution in [-0.2, 0) is 45.7 Å². The maximum Gasteiger partial charge on any atom is 0.355 e. The van der Waals surface area contributed by atoms with E-state index in [4.69, 9.17) is 0 Å². The molecular formula is C54H128N8O35P10. The van der Waals surface area contributed by atoms with Crippen LogP contribution in [0.25, 0.3) is 0 Å². The summed E-state index contributed by atoms with van der Waals surface area (Å²) >= 11 is 0. The van der Waals surface area contributed by atoms with Crippen LogP contribution in [0.15, 0.2) is 0 Å². The van der Waals surface area contributed by atoms with Gasteiger partial charge in [0.25, 0.3) is 0 Å². The van der Waals surface area contributed by atoms with Crippen molar-refractivity contribution in [2.75, 3.05) is 26.2 Å². The number of nitrogens with one attached hydrogen (secondary N) is 5. The Labute approximate surface area is 626 Å². The van der Waals surface area contributed by atoms with Gasteiger partial charge in [-0.3, -0.25) is 60.4 Å². The lowest BCUT2D eigenvalue weighted by atomic mass is 9.81. The van der Waals surface area contributed by atoms with Crippen molar-refractivity contribution in [3.63, 3.8) is 0 Å². The van der Waals surface area contributed by atoms with E-state index >= 15 is 0 Å². The third-order valence-electron chi connectivity index (χ3n) is 16.7. The summed E-state index contributed by atoms with van der Waals surface area (Å²) in [5, 5.41) is 65.2. The van der Waals surface area contributed by atoms with Crippen molar-refractivity contribution in [3.05, 3.63) is 0 Å². The molecule has 0 unspecified atom stereocenters. The molecule has 5 fully saturated rings. The summed E-state index contributed by atoms with van der Waals surface area (Å²) in [6.45, 7) is 34.2. The highest BCUT2D eigenvalue weighted by Gasteiger charge is 2.61. The van der Waals surface area contributed by atoms with Crippen molar-refractivity contribution in [1.29, 1.82) is 0 Å². The Morgan fingerprint density at radius 1 is 0.224 bits per heavy atom. The summed E-state index contributed by atoms with van der Waals surface area (Å²) in [6.07, 6.45) is 7.89. The maximum absolute atomic E-state index is 12.3. The van der Waals surface area contributed by atoms with Crippen LogP contribution in [0.5, 0.6) is 0 Å². The maximum atomic E-state index is 12.3.